The maximum absolute atomic E-state index is 14.7. The second kappa shape index (κ2) is 10.8. The maximum Gasteiger partial charge on any atom is 0.275 e. The third-order valence-corrected chi connectivity index (χ3v) is 7.82. The highest BCUT2D eigenvalue weighted by Crippen LogP contribution is 2.47. The van der Waals surface area contributed by atoms with Crippen LogP contribution in [0.25, 0.3) is 11.3 Å². The predicted molar refractivity (Wildman–Crippen MR) is 147 cm³/mol. The van der Waals surface area contributed by atoms with Crippen molar-refractivity contribution >= 4 is 34.9 Å². The van der Waals surface area contributed by atoms with Gasteiger partial charge in [0.05, 0.1) is 58.6 Å². The minimum atomic E-state index is -3.00. The first-order chi connectivity index (χ1) is 20.2. The zero-order chi connectivity index (χ0) is 29.7. The summed E-state index contributed by atoms with van der Waals surface area (Å²) in [4.78, 5) is 44.5. The molecule has 0 spiro atoms. The largest absolute Gasteiger partial charge is 0.318 e. The Hall–Kier alpha value is -4.39. The Morgan fingerprint density at radius 3 is 2.71 bits per heavy atom. The summed E-state index contributed by atoms with van der Waals surface area (Å²) in [6.07, 6.45) is 5.40. The normalized spacial score (nSPS) is 18.4. The van der Waals surface area contributed by atoms with E-state index in [9.17, 15) is 22.8 Å². The smallest absolute Gasteiger partial charge is 0.275 e. The monoisotopic (exact) mass is 596 g/mol. The first-order valence-corrected chi connectivity index (χ1v) is 13.6. The number of halogens is 4. The average Bonchev–Trinajstić information content (AvgIpc) is 3.49. The lowest BCUT2D eigenvalue weighted by atomic mass is 10.0. The van der Waals surface area contributed by atoms with Crippen LogP contribution in [0.1, 0.15) is 60.2 Å². The van der Waals surface area contributed by atoms with Gasteiger partial charge in [-0.3, -0.25) is 29.1 Å². The molecule has 4 heterocycles. The molecule has 1 aliphatic heterocycles. The number of fused-ring (bicyclic) bond motifs is 1. The SMILES string of the molecule is CCc1nc([C@@H](C)n2cc(NC(=O)c3cncc(-c4c(C(F)F)ccc(Cl)c4F)n3)cn2)cnc1N1C[C@H]2C[C@H]2C1=O. The van der Waals surface area contributed by atoms with Crippen molar-refractivity contribution in [3.05, 3.63) is 76.6 Å². The van der Waals surface area contributed by atoms with Gasteiger partial charge < -0.3 is 5.32 Å². The molecule has 3 atom stereocenters. The van der Waals surface area contributed by atoms with Crippen molar-refractivity contribution in [1.82, 2.24) is 29.7 Å². The van der Waals surface area contributed by atoms with Crippen molar-refractivity contribution in [3.63, 3.8) is 0 Å². The van der Waals surface area contributed by atoms with E-state index in [0.717, 1.165) is 36.6 Å². The van der Waals surface area contributed by atoms with Gasteiger partial charge in [0.15, 0.2) is 11.6 Å². The Balaban J connectivity index is 1.19. The fourth-order valence-corrected chi connectivity index (χ4v) is 5.27. The number of nitrogens with zero attached hydrogens (tertiary/aromatic N) is 7. The van der Waals surface area contributed by atoms with Gasteiger partial charge >= 0.3 is 0 Å². The molecule has 3 aromatic heterocycles. The second-order valence-corrected chi connectivity index (χ2v) is 10.6. The maximum atomic E-state index is 14.7. The van der Waals surface area contributed by atoms with E-state index in [4.69, 9.17) is 16.6 Å². The molecule has 1 N–H and O–H groups in total. The van der Waals surface area contributed by atoms with E-state index in [-0.39, 0.29) is 34.3 Å². The van der Waals surface area contributed by atoms with E-state index in [1.807, 2.05) is 13.8 Å². The summed E-state index contributed by atoms with van der Waals surface area (Å²) in [6, 6.07) is 1.68. The van der Waals surface area contributed by atoms with E-state index >= 15 is 0 Å². The van der Waals surface area contributed by atoms with Crippen LogP contribution in [0.3, 0.4) is 0 Å². The third-order valence-electron chi connectivity index (χ3n) is 7.52. The second-order valence-electron chi connectivity index (χ2n) is 10.2. The van der Waals surface area contributed by atoms with Crippen molar-refractivity contribution in [2.75, 3.05) is 16.8 Å². The van der Waals surface area contributed by atoms with Gasteiger partial charge in [0.25, 0.3) is 12.3 Å². The molecule has 6 rings (SSSR count). The van der Waals surface area contributed by atoms with Gasteiger partial charge in [0.1, 0.15) is 5.69 Å². The molecule has 42 heavy (non-hydrogen) atoms. The molecule has 4 aromatic rings. The fraction of sp³-hybridized carbons (Fsp3) is 0.321. The van der Waals surface area contributed by atoms with E-state index in [1.165, 1.54) is 6.20 Å². The van der Waals surface area contributed by atoms with Crippen molar-refractivity contribution in [2.45, 2.75) is 39.2 Å². The van der Waals surface area contributed by atoms with Gasteiger partial charge in [0, 0.05) is 29.8 Å². The van der Waals surface area contributed by atoms with Gasteiger partial charge in [-0.2, -0.15) is 5.10 Å². The first kappa shape index (κ1) is 27.8. The van der Waals surface area contributed by atoms with E-state index in [1.54, 1.807) is 22.0 Å². The number of carbonyl (C=O) groups excluding carboxylic acids is 2. The Kier molecular flexibility index (Phi) is 7.13. The molecule has 2 amide bonds. The highest BCUT2D eigenvalue weighted by atomic mass is 35.5. The highest BCUT2D eigenvalue weighted by molar-refractivity contribution is 6.31. The zero-order valence-electron chi connectivity index (χ0n) is 22.4. The van der Waals surface area contributed by atoms with Gasteiger partial charge in [-0.1, -0.05) is 24.6 Å². The van der Waals surface area contributed by atoms with Crippen LogP contribution in [0.4, 0.5) is 24.7 Å². The minimum absolute atomic E-state index is 0.111. The van der Waals surface area contributed by atoms with Crippen molar-refractivity contribution in [2.24, 2.45) is 11.8 Å². The standard InChI is InChI=1S/C28H24ClF3N8O2/c1-3-19-26(39-11-14-6-17(14)28(39)42)34-10-20(37-19)13(2)40-12-15(7-35-40)36-27(41)22-9-33-8-21(38-22)23-16(25(31)32)4-5-18(29)24(23)30/h4-5,7-10,12-14,17,25H,3,6,11H2,1-2H3,(H,36,41)/t13-,14-,17-/m1/s1. The number of piperidine rings is 1. The first-order valence-electron chi connectivity index (χ1n) is 13.3. The number of nitrogens with one attached hydrogen (secondary N) is 1. The van der Waals surface area contributed by atoms with Crippen LogP contribution in [0.5, 0.6) is 0 Å². The lowest BCUT2D eigenvalue weighted by molar-refractivity contribution is -0.118. The number of carbonyl (C=O) groups is 2. The molecule has 0 unspecified atom stereocenters. The van der Waals surface area contributed by atoms with Crippen LogP contribution < -0.4 is 10.2 Å². The number of aryl methyl sites for hydroxylation is 1. The molecule has 1 aliphatic carbocycles. The van der Waals surface area contributed by atoms with Crippen LogP contribution in [-0.4, -0.2) is 48.1 Å². The molecule has 0 bridgehead atoms. The Morgan fingerprint density at radius 1 is 1.19 bits per heavy atom. The number of alkyl halides is 2. The third kappa shape index (κ3) is 4.97. The molecule has 216 valence electrons. The van der Waals surface area contributed by atoms with Crippen molar-refractivity contribution < 1.29 is 22.8 Å². The van der Waals surface area contributed by atoms with Crippen molar-refractivity contribution in [3.8, 4) is 11.3 Å². The number of rotatable bonds is 8. The lowest BCUT2D eigenvalue weighted by Gasteiger charge is -2.21. The van der Waals surface area contributed by atoms with Crippen LogP contribution in [-0.2, 0) is 11.2 Å². The minimum Gasteiger partial charge on any atom is -0.318 e. The Bertz CT molecular complexity index is 1710. The molecule has 1 saturated carbocycles. The molecule has 2 fully saturated rings. The fourth-order valence-electron chi connectivity index (χ4n) is 5.12. The van der Waals surface area contributed by atoms with E-state index in [0.29, 0.717) is 36.1 Å². The van der Waals surface area contributed by atoms with Gasteiger partial charge in [0.2, 0.25) is 5.91 Å². The summed E-state index contributed by atoms with van der Waals surface area (Å²) < 4.78 is 43.4. The molecular formula is C28H24ClF3N8O2. The number of amides is 2. The number of anilines is 2. The molecule has 1 saturated heterocycles. The summed E-state index contributed by atoms with van der Waals surface area (Å²) in [5, 5.41) is 6.60. The van der Waals surface area contributed by atoms with E-state index in [2.05, 4.69) is 25.4 Å². The zero-order valence-corrected chi connectivity index (χ0v) is 23.2. The molecule has 14 heteroatoms. The number of hydrogen-bond acceptors (Lipinski definition) is 7. The summed E-state index contributed by atoms with van der Waals surface area (Å²) in [6.45, 7) is 4.50. The summed E-state index contributed by atoms with van der Waals surface area (Å²) in [5.41, 5.74) is 0.0450. The van der Waals surface area contributed by atoms with Gasteiger partial charge in [-0.25, -0.2) is 23.1 Å². The van der Waals surface area contributed by atoms with Gasteiger partial charge in [-0.15, -0.1) is 0 Å². The molecule has 0 radical (unpaired) electrons. The Morgan fingerprint density at radius 2 is 2.00 bits per heavy atom. The van der Waals surface area contributed by atoms with Crippen molar-refractivity contribution in [1.29, 1.82) is 0 Å². The predicted octanol–water partition coefficient (Wildman–Crippen LogP) is 5.27. The Labute approximate surface area is 243 Å². The van der Waals surface area contributed by atoms with E-state index < -0.39 is 29.3 Å². The van der Waals surface area contributed by atoms with Crippen LogP contribution in [0, 0.1) is 17.7 Å². The quantitative estimate of drug-likeness (QED) is 0.294. The molecule has 1 aromatic carbocycles. The van der Waals surface area contributed by atoms with Crippen LogP contribution >= 0.6 is 11.6 Å². The highest BCUT2D eigenvalue weighted by Gasteiger charge is 2.53. The number of benzene rings is 1. The lowest BCUT2D eigenvalue weighted by Crippen LogP contribution is -2.30. The number of hydrogen-bond donors (Lipinski definition) is 1. The summed E-state index contributed by atoms with van der Waals surface area (Å²) in [7, 11) is 0. The summed E-state index contributed by atoms with van der Waals surface area (Å²) in [5.74, 6) is -0.539. The topological polar surface area (TPSA) is 119 Å². The van der Waals surface area contributed by atoms with Gasteiger partial charge in [-0.05, 0) is 31.7 Å². The molecular weight excluding hydrogens is 573 g/mol. The molecule has 10 nitrogen and oxygen atoms in total. The molecule has 2 aliphatic rings. The summed E-state index contributed by atoms with van der Waals surface area (Å²) >= 11 is 5.81. The number of aromatic nitrogens is 6. The van der Waals surface area contributed by atoms with Crippen LogP contribution in [0.15, 0.2) is 43.1 Å². The van der Waals surface area contributed by atoms with Crippen LogP contribution in [0.2, 0.25) is 5.02 Å². The average molecular weight is 597 g/mol.